The van der Waals surface area contributed by atoms with Crippen molar-refractivity contribution in [1.29, 1.82) is 0 Å². The van der Waals surface area contributed by atoms with Gasteiger partial charge in [-0.1, -0.05) is 27.7 Å². The van der Waals surface area contributed by atoms with Gasteiger partial charge in [0, 0.05) is 21.8 Å². The fourth-order valence-electron chi connectivity index (χ4n) is 0.773. The topological polar surface area (TPSA) is 54.4 Å². The summed E-state index contributed by atoms with van der Waals surface area (Å²) in [6.07, 6.45) is 0. The molecule has 0 aliphatic carbocycles. The van der Waals surface area contributed by atoms with E-state index in [1.54, 1.807) is 6.92 Å². The molecule has 0 bridgehead atoms. The lowest BCUT2D eigenvalue weighted by Crippen LogP contribution is -2.26. The predicted molar refractivity (Wildman–Crippen MR) is 54.1 cm³/mol. The Kier molecular flexibility index (Phi) is 5.21. The summed E-state index contributed by atoms with van der Waals surface area (Å²) in [6.45, 7) is 7.48. The Morgan fingerprint density at radius 2 is 1.77 bits per heavy atom. The number of hydrogen-bond acceptors (Lipinski definition) is 2. The zero-order valence-corrected chi connectivity index (χ0v) is 9.43. The molecule has 0 saturated carbocycles. The lowest BCUT2D eigenvalue weighted by molar-refractivity contribution is -0.140. The second kappa shape index (κ2) is 5.37. The molecule has 4 heteroatoms. The Balaban J connectivity index is 4.08. The van der Waals surface area contributed by atoms with Gasteiger partial charge in [-0.3, -0.25) is 9.00 Å². The molecule has 0 heterocycles. The highest BCUT2D eigenvalue weighted by atomic mass is 32.2. The van der Waals surface area contributed by atoms with Crippen molar-refractivity contribution in [3.63, 3.8) is 0 Å². The second-order valence-electron chi connectivity index (χ2n) is 3.74. The number of hydrogen-bond donors (Lipinski definition) is 1. The Labute approximate surface area is 82.0 Å². The molecule has 0 radical (unpaired) electrons. The Hall–Kier alpha value is -0.380. The number of carboxylic acid groups (broad SMARTS) is 1. The Morgan fingerprint density at radius 1 is 1.31 bits per heavy atom. The normalized spacial score (nSPS) is 18.2. The molecule has 0 aliphatic rings. The van der Waals surface area contributed by atoms with Crippen LogP contribution in [0.3, 0.4) is 0 Å². The Bertz CT molecular complexity index is 201. The monoisotopic (exact) mass is 206 g/mol. The van der Waals surface area contributed by atoms with Crippen LogP contribution in [0, 0.1) is 11.8 Å². The van der Waals surface area contributed by atoms with Crippen LogP contribution in [-0.4, -0.2) is 26.3 Å². The van der Waals surface area contributed by atoms with E-state index in [4.69, 9.17) is 5.11 Å². The predicted octanol–water partition coefficient (Wildman–Crippen LogP) is 1.50. The minimum Gasteiger partial charge on any atom is -0.481 e. The van der Waals surface area contributed by atoms with E-state index in [9.17, 15) is 9.00 Å². The fraction of sp³-hybridized carbons (Fsp3) is 0.889. The quantitative estimate of drug-likeness (QED) is 0.741. The number of carboxylic acids is 1. The summed E-state index contributed by atoms with van der Waals surface area (Å²) in [4.78, 5) is 10.5. The van der Waals surface area contributed by atoms with Gasteiger partial charge in [-0.2, -0.15) is 0 Å². The maximum Gasteiger partial charge on any atom is 0.307 e. The van der Waals surface area contributed by atoms with Crippen molar-refractivity contribution >= 4 is 16.8 Å². The molecule has 0 aromatic heterocycles. The van der Waals surface area contributed by atoms with E-state index in [2.05, 4.69) is 0 Å². The first-order chi connectivity index (χ1) is 5.86. The maximum atomic E-state index is 11.5. The van der Waals surface area contributed by atoms with Crippen LogP contribution < -0.4 is 0 Å². The van der Waals surface area contributed by atoms with E-state index >= 15 is 0 Å². The molecular formula is C9H18O3S. The first-order valence-corrected chi connectivity index (χ1v) is 5.84. The van der Waals surface area contributed by atoms with E-state index in [1.165, 1.54) is 0 Å². The molecule has 3 unspecified atom stereocenters. The third-order valence-corrected chi connectivity index (χ3v) is 4.39. The summed E-state index contributed by atoms with van der Waals surface area (Å²) in [5.74, 6) is -0.789. The molecule has 0 aromatic rings. The minimum absolute atomic E-state index is 0.0711. The molecule has 0 aromatic carbocycles. The number of aliphatic carboxylic acids is 1. The van der Waals surface area contributed by atoms with Gasteiger partial charge in [-0.15, -0.1) is 0 Å². The van der Waals surface area contributed by atoms with Gasteiger partial charge in [0.2, 0.25) is 0 Å². The van der Waals surface area contributed by atoms with E-state index in [1.807, 2.05) is 20.8 Å². The average molecular weight is 206 g/mol. The zero-order valence-electron chi connectivity index (χ0n) is 8.61. The van der Waals surface area contributed by atoms with Gasteiger partial charge in [0.15, 0.2) is 0 Å². The van der Waals surface area contributed by atoms with E-state index in [0.717, 1.165) is 0 Å². The van der Waals surface area contributed by atoms with Gasteiger partial charge < -0.3 is 5.11 Å². The van der Waals surface area contributed by atoms with Crippen LogP contribution in [0.2, 0.25) is 0 Å². The van der Waals surface area contributed by atoms with Crippen molar-refractivity contribution in [2.75, 3.05) is 5.75 Å². The third-order valence-electron chi connectivity index (χ3n) is 2.19. The van der Waals surface area contributed by atoms with Gasteiger partial charge in [-0.25, -0.2) is 0 Å². The van der Waals surface area contributed by atoms with Crippen molar-refractivity contribution in [2.45, 2.75) is 32.9 Å². The van der Waals surface area contributed by atoms with Crippen molar-refractivity contribution in [2.24, 2.45) is 11.8 Å². The van der Waals surface area contributed by atoms with Crippen LogP contribution in [0.15, 0.2) is 0 Å². The van der Waals surface area contributed by atoms with Gasteiger partial charge in [0.1, 0.15) is 0 Å². The first-order valence-electron chi connectivity index (χ1n) is 4.46. The Morgan fingerprint density at radius 3 is 2.08 bits per heavy atom. The molecule has 3 atom stereocenters. The zero-order chi connectivity index (χ0) is 10.6. The van der Waals surface area contributed by atoms with Crippen LogP contribution in [0.5, 0.6) is 0 Å². The van der Waals surface area contributed by atoms with Crippen molar-refractivity contribution in [3.05, 3.63) is 0 Å². The van der Waals surface area contributed by atoms with Gasteiger partial charge in [0.05, 0.1) is 5.92 Å². The third kappa shape index (κ3) is 4.41. The molecule has 0 aliphatic heterocycles. The SMILES string of the molecule is CC(CS(=O)C(C)C(C)C)C(=O)O. The highest BCUT2D eigenvalue weighted by Crippen LogP contribution is 2.11. The highest BCUT2D eigenvalue weighted by Gasteiger charge is 2.20. The molecule has 0 amide bonds. The summed E-state index contributed by atoms with van der Waals surface area (Å²) < 4.78 is 11.5. The molecule has 1 N–H and O–H groups in total. The fourth-order valence-corrected chi connectivity index (χ4v) is 2.32. The molecular weight excluding hydrogens is 188 g/mol. The van der Waals surface area contributed by atoms with E-state index < -0.39 is 22.7 Å². The summed E-state index contributed by atoms with van der Waals surface area (Å²) >= 11 is 0. The molecule has 13 heavy (non-hydrogen) atoms. The van der Waals surface area contributed by atoms with Crippen LogP contribution >= 0.6 is 0 Å². The molecule has 0 saturated heterocycles. The number of carbonyl (C=O) groups is 1. The maximum absolute atomic E-state index is 11.5. The standard InChI is InChI=1S/C9H18O3S/c1-6(2)8(4)13(12)5-7(3)9(10)11/h6-8H,5H2,1-4H3,(H,10,11). The molecule has 0 rings (SSSR count). The first kappa shape index (κ1) is 12.6. The van der Waals surface area contributed by atoms with Crippen LogP contribution in [0.25, 0.3) is 0 Å². The molecule has 78 valence electrons. The second-order valence-corrected chi connectivity index (χ2v) is 5.57. The smallest absolute Gasteiger partial charge is 0.307 e. The lowest BCUT2D eigenvalue weighted by Gasteiger charge is -2.16. The summed E-state index contributed by atoms with van der Waals surface area (Å²) in [6, 6.07) is 0. The van der Waals surface area contributed by atoms with Crippen molar-refractivity contribution in [3.8, 4) is 0 Å². The van der Waals surface area contributed by atoms with Gasteiger partial charge >= 0.3 is 5.97 Å². The summed E-state index contributed by atoms with van der Waals surface area (Å²) in [7, 11) is -1.03. The van der Waals surface area contributed by atoms with Crippen LogP contribution in [0.1, 0.15) is 27.7 Å². The van der Waals surface area contributed by atoms with Crippen LogP contribution in [0.4, 0.5) is 0 Å². The van der Waals surface area contributed by atoms with E-state index in [-0.39, 0.29) is 11.0 Å². The van der Waals surface area contributed by atoms with Crippen molar-refractivity contribution in [1.82, 2.24) is 0 Å². The minimum atomic E-state index is -1.03. The molecule has 0 spiro atoms. The number of rotatable bonds is 5. The molecule has 3 nitrogen and oxygen atoms in total. The lowest BCUT2D eigenvalue weighted by atomic mass is 10.2. The van der Waals surface area contributed by atoms with Gasteiger partial charge in [-0.05, 0) is 5.92 Å². The summed E-state index contributed by atoms with van der Waals surface area (Å²) in [5, 5.41) is 8.69. The van der Waals surface area contributed by atoms with Gasteiger partial charge in [0.25, 0.3) is 0 Å². The van der Waals surface area contributed by atoms with Crippen LogP contribution in [-0.2, 0) is 15.6 Å². The van der Waals surface area contributed by atoms with E-state index in [0.29, 0.717) is 5.92 Å². The highest BCUT2D eigenvalue weighted by molar-refractivity contribution is 7.85. The average Bonchev–Trinajstić information content (AvgIpc) is 2.02. The summed E-state index contributed by atoms with van der Waals surface area (Å²) in [5.41, 5.74) is 0. The molecule has 0 fully saturated rings. The largest absolute Gasteiger partial charge is 0.481 e. The van der Waals surface area contributed by atoms with Crippen molar-refractivity contribution < 1.29 is 14.1 Å².